The number of hydrogen-bond donors (Lipinski definition) is 1. The first-order valence-corrected chi connectivity index (χ1v) is 7.78. The normalized spacial score (nSPS) is 11.5. The van der Waals surface area contributed by atoms with Crippen LogP contribution in [-0.4, -0.2) is 34.7 Å². The van der Waals surface area contributed by atoms with Gasteiger partial charge in [-0.2, -0.15) is 4.98 Å². The fourth-order valence-electron chi connectivity index (χ4n) is 2.21. The van der Waals surface area contributed by atoms with Crippen LogP contribution in [0.25, 0.3) is 0 Å². The van der Waals surface area contributed by atoms with Crippen LogP contribution in [0.4, 0.5) is 0 Å². The molecule has 5 nitrogen and oxygen atoms in total. The third-order valence-electron chi connectivity index (χ3n) is 3.48. The Hall–Kier alpha value is -1.43. The number of benzene rings is 1. The van der Waals surface area contributed by atoms with Gasteiger partial charge in [0.25, 0.3) is 0 Å². The van der Waals surface area contributed by atoms with Crippen molar-refractivity contribution in [2.45, 2.75) is 39.2 Å². The van der Waals surface area contributed by atoms with Crippen molar-refractivity contribution < 1.29 is 4.52 Å². The highest BCUT2D eigenvalue weighted by Gasteiger charge is 2.22. The average Bonchev–Trinajstić information content (AvgIpc) is 2.95. The molecule has 1 heterocycles. The summed E-state index contributed by atoms with van der Waals surface area (Å²) in [5.41, 5.74) is 6.93. The van der Waals surface area contributed by atoms with Gasteiger partial charge in [-0.15, -0.1) is 12.4 Å². The third-order valence-corrected chi connectivity index (χ3v) is 3.48. The van der Waals surface area contributed by atoms with E-state index in [0.717, 1.165) is 25.3 Å². The van der Waals surface area contributed by atoms with E-state index in [1.54, 1.807) is 0 Å². The lowest BCUT2D eigenvalue weighted by molar-refractivity contribution is 0.262. The standard InChI is InChI=1S/C17H26N4O.ClH/c1-17(2,3)16-19-15(20-22-16)13-21(12-10-18)11-9-14-7-5-4-6-8-14;/h4-8H,9-13,18H2,1-3H3;1H. The average molecular weight is 339 g/mol. The van der Waals surface area contributed by atoms with Crippen LogP contribution in [0.2, 0.25) is 0 Å². The van der Waals surface area contributed by atoms with Crippen molar-refractivity contribution in [1.29, 1.82) is 0 Å². The minimum absolute atomic E-state index is 0. The fourth-order valence-corrected chi connectivity index (χ4v) is 2.21. The topological polar surface area (TPSA) is 68.2 Å². The molecule has 1 aromatic carbocycles. The minimum Gasteiger partial charge on any atom is -0.339 e. The molecule has 2 rings (SSSR count). The predicted molar refractivity (Wildman–Crippen MR) is 94.7 cm³/mol. The molecule has 0 amide bonds. The van der Waals surface area contributed by atoms with E-state index in [2.05, 4.69) is 60.1 Å². The zero-order valence-corrected chi connectivity index (χ0v) is 15.0. The Morgan fingerprint density at radius 2 is 1.83 bits per heavy atom. The maximum Gasteiger partial charge on any atom is 0.232 e. The molecule has 0 atom stereocenters. The fraction of sp³-hybridized carbons (Fsp3) is 0.529. The van der Waals surface area contributed by atoms with E-state index in [1.807, 2.05) is 6.07 Å². The molecule has 0 saturated heterocycles. The van der Waals surface area contributed by atoms with Crippen LogP contribution in [0.15, 0.2) is 34.9 Å². The molecule has 0 aliphatic carbocycles. The van der Waals surface area contributed by atoms with Crippen molar-refractivity contribution in [1.82, 2.24) is 15.0 Å². The Bertz CT molecular complexity index is 565. The summed E-state index contributed by atoms with van der Waals surface area (Å²) in [4.78, 5) is 6.77. The van der Waals surface area contributed by atoms with Gasteiger partial charge in [-0.3, -0.25) is 4.90 Å². The first-order chi connectivity index (χ1) is 10.5. The zero-order valence-electron chi connectivity index (χ0n) is 14.2. The Labute approximate surface area is 144 Å². The summed E-state index contributed by atoms with van der Waals surface area (Å²) in [6, 6.07) is 10.5. The third kappa shape index (κ3) is 6.29. The van der Waals surface area contributed by atoms with E-state index in [9.17, 15) is 0 Å². The van der Waals surface area contributed by atoms with Crippen molar-refractivity contribution in [2.75, 3.05) is 19.6 Å². The lowest BCUT2D eigenvalue weighted by atomic mass is 9.97. The highest BCUT2D eigenvalue weighted by atomic mass is 35.5. The van der Waals surface area contributed by atoms with Crippen LogP contribution in [0.3, 0.4) is 0 Å². The van der Waals surface area contributed by atoms with Crippen LogP contribution in [-0.2, 0) is 18.4 Å². The largest absolute Gasteiger partial charge is 0.339 e. The van der Waals surface area contributed by atoms with Gasteiger partial charge in [0, 0.05) is 25.0 Å². The monoisotopic (exact) mass is 338 g/mol. The van der Waals surface area contributed by atoms with E-state index >= 15 is 0 Å². The number of rotatable bonds is 7. The summed E-state index contributed by atoms with van der Waals surface area (Å²) >= 11 is 0. The molecular weight excluding hydrogens is 312 g/mol. The Morgan fingerprint density at radius 1 is 1.13 bits per heavy atom. The van der Waals surface area contributed by atoms with Crippen LogP contribution in [0.5, 0.6) is 0 Å². The quantitative estimate of drug-likeness (QED) is 0.840. The maximum atomic E-state index is 5.72. The van der Waals surface area contributed by atoms with E-state index in [0.29, 0.717) is 19.0 Å². The van der Waals surface area contributed by atoms with Crippen molar-refractivity contribution in [3.63, 3.8) is 0 Å². The molecular formula is C17H27ClN4O. The van der Waals surface area contributed by atoms with Gasteiger partial charge in [0.2, 0.25) is 5.89 Å². The molecule has 0 aliphatic heterocycles. The lowest BCUT2D eigenvalue weighted by Crippen LogP contribution is -2.31. The second-order valence-corrected chi connectivity index (χ2v) is 6.57. The van der Waals surface area contributed by atoms with Crippen LogP contribution in [0, 0.1) is 0 Å². The lowest BCUT2D eigenvalue weighted by Gasteiger charge is -2.19. The SMILES string of the molecule is CC(C)(C)c1nc(CN(CCN)CCc2ccccc2)no1.Cl. The molecule has 0 radical (unpaired) electrons. The van der Waals surface area contributed by atoms with Gasteiger partial charge in [0.1, 0.15) is 0 Å². The van der Waals surface area contributed by atoms with Gasteiger partial charge in [0.15, 0.2) is 5.82 Å². The Balaban J connectivity index is 0.00000264. The summed E-state index contributed by atoms with van der Waals surface area (Å²) in [7, 11) is 0. The number of aromatic nitrogens is 2. The van der Waals surface area contributed by atoms with Gasteiger partial charge < -0.3 is 10.3 Å². The molecule has 23 heavy (non-hydrogen) atoms. The molecule has 1 aromatic heterocycles. The summed E-state index contributed by atoms with van der Waals surface area (Å²) in [6.07, 6.45) is 0.991. The predicted octanol–water partition coefficient (Wildman–Crippen LogP) is 2.79. The number of hydrogen-bond acceptors (Lipinski definition) is 5. The molecule has 0 bridgehead atoms. The van der Waals surface area contributed by atoms with E-state index in [1.165, 1.54) is 5.56 Å². The molecule has 2 N–H and O–H groups in total. The van der Waals surface area contributed by atoms with Crippen LogP contribution >= 0.6 is 12.4 Å². The molecule has 0 unspecified atom stereocenters. The molecule has 0 fully saturated rings. The first-order valence-electron chi connectivity index (χ1n) is 7.78. The number of halogens is 1. The minimum atomic E-state index is -0.117. The van der Waals surface area contributed by atoms with Gasteiger partial charge in [-0.05, 0) is 12.0 Å². The second-order valence-electron chi connectivity index (χ2n) is 6.57. The summed E-state index contributed by atoms with van der Waals surface area (Å²) in [5.74, 6) is 1.41. The van der Waals surface area contributed by atoms with E-state index < -0.39 is 0 Å². The smallest absolute Gasteiger partial charge is 0.232 e. The zero-order chi connectivity index (χ0) is 16.0. The van der Waals surface area contributed by atoms with Gasteiger partial charge >= 0.3 is 0 Å². The van der Waals surface area contributed by atoms with Crippen molar-refractivity contribution in [2.24, 2.45) is 5.73 Å². The van der Waals surface area contributed by atoms with E-state index in [4.69, 9.17) is 10.3 Å². The van der Waals surface area contributed by atoms with Gasteiger partial charge in [0.05, 0.1) is 6.54 Å². The molecule has 0 spiro atoms. The Kier molecular flexibility index (Phi) is 7.68. The Morgan fingerprint density at radius 3 is 2.39 bits per heavy atom. The van der Waals surface area contributed by atoms with Crippen molar-refractivity contribution in [3.8, 4) is 0 Å². The summed E-state index contributed by atoms with van der Waals surface area (Å²) < 4.78 is 5.35. The summed E-state index contributed by atoms with van der Waals surface area (Å²) in [6.45, 7) is 9.25. The second kappa shape index (κ2) is 9.01. The highest BCUT2D eigenvalue weighted by molar-refractivity contribution is 5.85. The number of nitrogens with zero attached hydrogens (tertiary/aromatic N) is 3. The van der Waals surface area contributed by atoms with Gasteiger partial charge in [-0.25, -0.2) is 0 Å². The van der Waals surface area contributed by atoms with E-state index in [-0.39, 0.29) is 17.8 Å². The molecule has 0 saturated carbocycles. The molecule has 128 valence electrons. The van der Waals surface area contributed by atoms with Crippen molar-refractivity contribution >= 4 is 12.4 Å². The number of nitrogens with two attached hydrogens (primary N) is 1. The van der Waals surface area contributed by atoms with Gasteiger partial charge in [-0.1, -0.05) is 56.3 Å². The maximum absolute atomic E-state index is 5.72. The molecule has 6 heteroatoms. The van der Waals surface area contributed by atoms with Crippen molar-refractivity contribution in [3.05, 3.63) is 47.6 Å². The van der Waals surface area contributed by atoms with Crippen LogP contribution < -0.4 is 5.73 Å². The molecule has 2 aromatic rings. The van der Waals surface area contributed by atoms with Crippen LogP contribution in [0.1, 0.15) is 38.0 Å². The summed E-state index contributed by atoms with van der Waals surface area (Å²) in [5, 5.41) is 4.09. The molecule has 0 aliphatic rings. The highest BCUT2D eigenvalue weighted by Crippen LogP contribution is 2.20. The first kappa shape index (κ1) is 19.6.